The molecule has 1 saturated heterocycles. The van der Waals surface area contributed by atoms with Crippen molar-refractivity contribution in [2.24, 2.45) is 5.41 Å². The van der Waals surface area contributed by atoms with Gasteiger partial charge in [-0.2, -0.15) is 0 Å². The van der Waals surface area contributed by atoms with Crippen molar-refractivity contribution < 1.29 is 9.18 Å². The summed E-state index contributed by atoms with van der Waals surface area (Å²) in [5, 5.41) is 0. The van der Waals surface area contributed by atoms with Crippen molar-refractivity contribution >= 4 is 21.8 Å². The van der Waals surface area contributed by atoms with Crippen LogP contribution >= 0.6 is 15.9 Å². The standard InChI is InChI=1S/C14H17BrFNO/c1-14(2)9-17(8-7-12(14)15)13(18)10-3-5-11(16)6-4-10/h3-6,12H,7-9H2,1-2H3. The maximum absolute atomic E-state index is 12.8. The number of carbonyl (C=O) groups is 1. The van der Waals surface area contributed by atoms with Crippen molar-refractivity contribution in [2.75, 3.05) is 13.1 Å². The molecule has 4 heteroatoms. The molecule has 18 heavy (non-hydrogen) atoms. The number of piperidine rings is 1. The van der Waals surface area contributed by atoms with Crippen molar-refractivity contribution in [3.05, 3.63) is 35.6 Å². The van der Waals surface area contributed by atoms with E-state index in [2.05, 4.69) is 29.8 Å². The molecule has 2 nitrogen and oxygen atoms in total. The summed E-state index contributed by atoms with van der Waals surface area (Å²) in [6, 6.07) is 5.75. The van der Waals surface area contributed by atoms with Gasteiger partial charge in [0, 0.05) is 23.5 Å². The average molecular weight is 314 g/mol. The molecular weight excluding hydrogens is 297 g/mol. The minimum Gasteiger partial charge on any atom is -0.338 e. The smallest absolute Gasteiger partial charge is 0.253 e. The molecule has 0 N–H and O–H groups in total. The van der Waals surface area contributed by atoms with Crippen LogP contribution in [0.2, 0.25) is 0 Å². The van der Waals surface area contributed by atoms with Crippen LogP contribution < -0.4 is 0 Å². The monoisotopic (exact) mass is 313 g/mol. The molecule has 0 aromatic heterocycles. The van der Waals surface area contributed by atoms with Crippen LogP contribution in [-0.2, 0) is 0 Å². The van der Waals surface area contributed by atoms with Crippen LogP contribution in [0.1, 0.15) is 30.6 Å². The molecule has 1 atom stereocenters. The largest absolute Gasteiger partial charge is 0.338 e. The van der Waals surface area contributed by atoms with Gasteiger partial charge in [0.2, 0.25) is 0 Å². The van der Waals surface area contributed by atoms with Crippen LogP contribution in [0.15, 0.2) is 24.3 Å². The lowest BCUT2D eigenvalue weighted by Crippen LogP contribution is -2.48. The first kappa shape index (κ1) is 13.5. The van der Waals surface area contributed by atoms with Gasteiger partial charge in [-0.05, 0) is 36.1 Å². The fraction of sp³-hybridized carbons (Fsp3) is 0.500. The van der Waals surface area contributed by atoms with Gasteiger partial charge in [0.15, 0.2) is 0 Å². The van der Waals surface area contributed by atoms with E-state index in [1.807, 2.05) is 4.90 Å². The van der Waals surface area contributed by atoms with Crippen LogP contribution in [0, 0.1) is 11.2 Å². The number of halogens is 2. The number of benzene rings is 1. The number of hydrogen-bond donors (Lipinski definition) is 0. The van der Waals surface area contributed by atoms with E-state index in [-0.39, 0.29) is 17.1 Å². The summed E-state index contributed by atoms with van der Waals surface area (Å²) in [4.78, 5) is 14.6. The third-order valence-corrected chi connectivity index (χ3v) is 5.17. The van der Waals surface area contributed by atoms with Crippen molar-refractivity contribution in [3.8, 4) is 0 Å². The summed E-state index contributed by atoms with van der Waals surface area (Å²) in [5.41, 5.74) is 0.619. The zero-order chi connectivity index (χ0) is 13.3. The van der Waals surface area contributed by atoms with E-state index in [9.17, 15) is 9.18 Å². The lowest BCUT2D eigenvalue weighted by molar-refractivity contribution is 0.0602. The molecule has 1 aliphatic heterocycles. The number of amides is 1. The molecule has 1 unspecified atom stereocenters. The van der Waals surface area contributed by atoms with Crippen molar-refractivity contribution in [1.82, 2.24) is 4.90 Å². The molecule has 1 aromatic carbocycles. The highest BCUT2D eigenvalue weighted by Gasteiger charge is 2.36. The Labute approximate surface area is 115 Å². The van der Waals surface area contributed by atoms with E-state index in [0.717, 1.165) is 19.5 Å². The second-order valence-electron chi connectivity index (χ2n) is 5.48. The third-order valence-electron chi connectivity index (χ3n) is 3.48. The second kappa shape index (κ2) is 5.00. The van der Waals surface area contributed by atoms with Crippen LogP contribution in [-0.4, -0.2) is 28.7 Å². The Bertz CT molecular complexity index is 444. The van der Waals surface area contributed by atoms with Crippen molar-refractivity contribution in [2.45, 2.75) is 25.1 Å². The molecule has 2 rings (SSSR count). The summed E-state index contributed by atoms with van der Waals surface area (Å²) in [7, 11) is 0. The summed E-state index contributed by atoms with van der Waals surface area (Å²) >= 11 is 3.66. The molecule has 1 heterocycles. The van der Waals surface area contributed by atoms with Crippen LogP contribution in [0.25, 0.3) is 0 Å². The Morgan fingerprint density at radius 1 is 1.39 bits per heavy atom. The highest BCUT2D eigenvalue weighted by atomic mass is 79.9. The number of rotatable bonds is 1. The average Bonchev–Trinajstić information content (AvgIpc) is 2.33. The number of alkyl halides is 1. The Kier molecular flexibility index (Phi) is 3.76. The molecule has 1 aliphatic rings. The Hall–Kier alpha value is -0.900. The highest BCUT2D eigenvalue weighted by molar-refractivity contribution is 9.09. The second-order valence-corrected chi connectivity index (χ2v) is 6.58. The van der Waals surface area contributed by atoms with Gasteiger partial charge in [-0.1, -0.05) is 29.8 Å². The quantitative estimate of drug-likeness (QED) is 0.727. The van der Waals surface area contributed by atoms with Crippen molar-refractivity contribution in [1.29, 1.82) is 0 Å². The highest BCUT2D eigenvalue weighted by Crippen LogP contribution is 2.34. The molecule has 0 radical (unpaired) electrons. The first-order valence-electron chi connectivity index (χ1n) is 6.09. The minimum atomic E-state index is -0.314. The fourth-order valence-electron chi connectivity index (χ4n) is 2.28. The summed E-state index contributed by atoms with van der Waals surface area (Å²) in [6.07, 6.45) is 0.944. The number of carbonyl (C=O) groups excluding carboxylic acids is 1. The van der Waals surface area contributed by atoms with E-state index in [0.29, 0.717) is 10.4 Å². The van der Waals surface area contributed by atoms with E-state index >= 15 is 0 Å². The van der Waals surface area contributed by atoms with E-state index in [1.54, 1.807) is 12.1 Å². The van der Waals surface area contributed by atoms with Gasteiger partial charge in [0.25, 0.3) is 5.91 Å². The van der Waals surface area contributed by atoms with Crippen LogP contribution in [0.4, 0.5) is 4.39 Å². The van der Waals surface area contributed by atoms with Gasteiger partial charge >= 0.3 is 0 Å². The first-order valence-corrected chi connectivity index (χ1v) is 7.00. The molecule has 98 valence electrons. The zero-order valence-electron chi connectivity index (χ0n) is 10.6. The first-order chi connectivity index (χ1) is 8.40. The number of hydrogen-bond acceptors (Lipinski definition) is 1. The molecule has 0 saturated carbocycles. The number of nitrogens with zero attached hydrogens (tertiary/aromatic N) is 1. The lowest BCUT2D eigenvalue weighted by Gasteiger charge is -2.41. The summed E-state index contributed by atoms with van der Waals surface area (Å²) in [6.45, 7) is 5.77. The molecule has 1 aromatic rings. The summed E-state index contributed by atoms with van der Waals surface area (Å²) in [5.74, 6) is -0.325. The molecule has 0 bridgehead atoms. The van der Waals surface area contributed by atoms with Gasteiger partial charge in [-0.25, -0.2) is 4.39 Å². The predicted molar refractivity (Wildman–Crippen MR) is 73.4 cm³/mol. The van der Waals surface area contributed by atoms with Crippen molar-refractivity contribution in [3.63, 3.8) is 0 Å². The van der Waals surface area contributed by atoms with Crippen LogP contribution in [0.3, 0.4) is 0 Å². The van der Waals surface area contributed by atoms with Gasteiger partial charge in [-0.3, -0.25) is 4.79 Å². The lowest BCUT2D eigenvalue weighted by atomic mass is 9.84. The van der Waals surface area contributed by atoms with Gasteiger partial charge < -0.3 is 4.90 Å². The normalized spacial score (nSPS) is 22.9. The van der Waals surface area contributed by atoms with E-state index in [1.165, 1.54) is 12.1 Å². The Morgan fingerprint density at radius 3 is 2.56 bits per heavy atom. The fourth-order valence-corrected chi connectivity index (χ4v) is 2.63. The van der Waals surface area contributed by atoms with E-state index in [4.69, 9.17) is 0 Å². The van der Waals surface area contributed by atoms with Gasteiger partial charge in [0.1, 0.15) is 5.82 Å². The molecular formula is C14H17BrFNO. The third kappa shape index (κ3) is 2.74. The van der Waals surface area contributed by atoms with Gasteiger partial charge in [-0.15, -0.1) is 0 Å². The topological polar surface area (TPSA) is 20.3 Å². The Morgan fingerprint density at radius 2 is 2.00 bits per heavy atom. The van der Waals surface area contributed by atoms with Gasteiger partial charge in [0.05, 0.1) is 0 Å². The zero-order valence-corrected chi connectivity index (χ0v) is 12.2. The van der Waals surface area contributed by atoms with E-state index < -0.39 is 0 Å². The maximum Gasteiger partial charge on any atom is 0.253 e. The maximum atomic E-state index is 12.8. The SMILES string of the molecule is CC1(C)CN(C(=O)c2ccc(F)cc2)CCC1Br. The summed E-state index contributed by atoms with van der Waals surface area (Å²) < 4.78 is 12.8. The number of likely N-dealkylation sites (tertiary alicyclic amines) is 1. The Balaban J connectivity index is 2.13. The molecule has 1 fully saturated rings. The molecule has 0 aliphatic carbocycles. The molecule has 1 amide bonds. The van der Waals surface area contributed by atoms with Crippen LogP contribution in [0.5, 0.6) is 0 Å². The minimum absolute atomic E-state index is 0.0116. The predicted octanol–water partition coefficient (Wildman–Crippen LogP) is 3.46. The molecule has 0 spiro atoms.